The SMILES string of the molecule is CCNc1cncc(Nc2ccc(F)cc2C#N)n1. The molecule has 2 N–H and O–H groups in total. The summed E-state index contributed by atoms with van der Waals surface area (Å²) < 4.78 is 13.0. The maximum atomic E-state index is 13.0. The minimum atomic E-state index is -0.449. The number of benzene rings is 1. The molecule has 0 radical (unpaired) electrons. The Morgan fingerprint density at radius 3 is 2.84 bits per heavy atom. The fourth-order valence-electron chi connectivity index (χ4n) is 1.55. The van der Waals surface area contributed by atoms with Gasteiger partial charge in [0.05, 0.1) is 23.6 Å². The molecule has 0 spiro atoms. The molecule has 2 aromatic rings. The maximum Gasteiger partial charge on any atom is 0.151 e. The van der Waals surface area contributed by atoms with E-state index in [0.717, 1.165) is 6.54 Å². The first kappa shape index (κ1) is 12.8. The summed E-state index contributed by atoms with van der Waals surface area (Å²) in [5, 5.41) is 14.9. The van der Waals surface area contributed by atoms with Gasteiger partial charge in [0.1, 0.15) is 17.7 Å². The van der Waals surface area contributed by atoms with Crippen molar-refractivity contribution in [3.05, 3.63) is 42.0 Å². The average molecular weight is 257 g/mol. The van der Waals surface area contributed by atoms with E-state index in [9.17, 15) is 4.39 Å². The summed E-state index contributed by atoms with van der Waals surface area (Å²) in [5.41, 5.74) is 0.711. The van der Waals surface area contributed by atoms with E-state index >= 15 is 0 Å². The van der Waals surface area contributed by atoms with E-state index in [0.29, 0.717) is 17.3 Å². The maximum absolute atomic E-state index is 13.0. The third-order valence-electron chi connectivity index (χ3n) is 2.36. The summed E-state index contributed by atoms with van der Waals surface area (Å²) >= 11 is 0. The van der Waals surface area contributed by atoms with Crippen LogP contribution in [0.15, 0.2) is 30.6 Å². The highest BCUT2D eigenvalue weighted by atomic mass is 19.1. The molecule has 0 fully saturated rings. The quantitative estimate of drug-likeness (QED) is 0.880. The Kier molecular flexibility index (Phi) is 3.88. The Balaban J connectivity index is 2.26. The van der Waals surface area contributed by atoms with Crippen LogP contribution in [0, 0.1) is 17.1 Å². The van der Waals surface area contributed by atoms with Crippen molar-refractivity contribution < 1.29 is 4.39 Å². The van der Waals surface area contributed by atoms with Crippen molar-refractivity contribution in [3.8, 4) is 6.07 Å². The number of halogens is 1. The molecule has 0 atom stereocenters. The zero-order valence-electron chi connectivity index (χ0n) is 10.3. The second kappa shape index (κ2) is 5.78. The van der Waals surface area contributed by atoms with Gasteiger partial charge in [0.15, 0.2) is 5.82 Å². The minimum absolute atomic E-state index is 0.218. The van der Waals surface area contributed by atoms with Gasteiger partial charge in [-0.3, -0.25) is 4.98 Å². The van der Waals surface area contributed by atoms with Gasteiger partial charge in [-0.1, -0.05) is 0 Å². The summed E-state index contributed by atoms with van der Waals surface area (Å²) in [4.78, 5) is 8.30. The molecule has 1 aromatic carbocycles. The van der Waals surface area contributed by atoms with E-state index in [4.69, 9.17) is 5.26 Å². The monoisotopic (exact) mass is 257 g/mol. The number of nitrogens with one attached hydrogen (secondary N) is 2. The zero-order valence-corrected chi connectivity index (χ0v) is 10.3. The summed E-state index contributed by atoms with van der Waals surface area (Å²) in [6, 6.07) is 5.88. The molecule has 2 rings (SSSR count). The first-order valence-electron chi connectivity index (χ1n) is 5.75. The molecule has 0 saturated carbocycles. The molecule has 0 aliphatic rings. The van der Waals surface area contributed by atoms with Crippen LogP contribution in [0.4, 0.5) is 21.7 Å². The first-order chi connectivity index (χ1) is 9.22. The molecule has 0 unspecified atom stereocenters. The number of anilines is 3. The lowest BCUT2D eigenvalue weighted by Crippen LogP contribution is -2.03. The van der Waals surface area contributed by atoms with Crippen LogP contribution in [0.5, 0.6) is 0 Å². The molecule has 0 bridgehead atoms. The van der Waals surface area contributed by atoms with Crippen LogP contribution in [-0.2, 0) is 0 Å². The summed E-state index contributed by atoms with van der Waals surface area (Å²) in [6.45, 7) is 2.69. The fourth-order valence-corrected chi connectivity index (χ4v) is 1.55. The molecule has 5 nitrogen and oxygen atoms in total. The molecule has 1 heterocycles. The third kappa shape index (κ3) is 3.16. The molecular weight excluding hydrogens is 245 g/mol. The van der Waals surface area contributed by atoms with E-state index in [-0.39, 0.29) is 5.56 Å². The van der Waals surface area contributed by atoms with Gasteiger partial charge in [0, 0.05) is 6.54 Å². The number of rotatable bonds is 4. The Bertz CT molecular complexity index is 621. The van der Waals surface area contributed by atoms with E-state index < -0.39 is 5.82 Å². The molecule has 0 aliphatic carbocycles. The summed E-state index contributed by atoms with van der Waals surface area (Å²) in [7, 11) is 0. The van der Waals surface area contributed by atoms with E-state index in [1.807, 2.05) is 13.0 Å². The highest BCUT2D eigenvalue weighted by Crippen LogP contribution is 2.20. The Morgan fingerprint density at radius 2 is 2.11 bits per heavy atom. The van der Waals surface area contributed by atoms with Crippen LogP contribution in [0.3, 0.4) is 0 Å². The van der Waals surface area contributed by atoms with Gasteiger partial charge in [-0.15, -0.1) is 0 Å². The Morgan fingerprint density at radius 1 is 1.32 bits per heavy atom. The molecule has 0 saturated heterocycles. The van der Waals surface area contributed by atoms with Crippen molar-refractivity contribution >= 4 is 17.3 Å². The average Bonchev–Trinajstić information content (AvgIpc) is 2.41. The lowest BCUT2D eigenvalue weighted by atomic mass is 10.2. The van der Waals surface area contributed by atoms with Crippen LogP contribution < -0.4 is 10.6 Å². The highest BCUT2D eigenvalue weighted by molar-refractivity contribution is 5.64. The molecule has 0 aliphatic heterocycles. The fraction of sp³-hybridized carbons (Fsp3) is 0.154. The van der Waals surface area contributed by atoms with Gasteiger partial charge in [-0.25, -0.2) is 9.37 Å². The van der Waals surface area contributed by atoms with Gasteiger partial charge >= 0.3 is 0 Å². The third-order valence-corrected chi connectivity index (χ3v) is 2.36. The van der Waals surface area contributed by atoms with Crippen LogP contribution >= 0.6 is 0 Å². The van der Waals surface area contributed by atoms with Crippen molar-refractivity contribution in [1.82, 2.24) is 9.97 Å². The first-order valence-corrected chi connectivity index (χ1v) is 5.75. The number of aromatic nitrogens is 2. The van der Waals surface area contributed by atoms with Crippen LogP contribution in [0.1, 0.15) is 12.5 Å². The highest BCUT2D eigenvalue weighted by Gasteiger charge is 2.05. The molecule has 0 amide bonds. The van der Waals surface area contributed by atoms with Crippen molar-refractivity contribution in [1.29, 1.82) is 5.26 Å². The van der Waals surface area contributed by atoms with Crippen molar-refractivity contribution in [2.75, 3.05) is 17.2 Å². The van der Waals surface area contributed by atoms with Crippen molar-refractivity contribution in [2.24, 2.45) is 0 Å². The minimum Gasteiger partial charge on any atom is -0.369 e. The van der Waals surface area contributed by atoms with E-state index in [1.54, 1.807) is 6.20 Å². The largest absolute Gasteiger partial charge is 0.369 e. The second-order valence-corrected chi connectivity index (χ2v) is 3.75. The van der Waals surface area contributed by atoms with E-state index in [2.05, 4.69) is 20.6 Å². The number of nitriles is 1. The zero-order chi connectivity index (χ0) is 13.7. The molecular formula is C13H12FN5. The Hall–Kier alpha value is -2.68. The van der Waals surface area contributed by atoms with E-state index in [1.165, 1.54) is 24.4 Å². The standard InChI is InChI=1S/C13H12FN5/c1-2-17-12-7-16-8-13(19-12)18-11-4-3-10(14)5-9(11)6-15/h3-5,7-8H,2H2,1H3,(H2,17,18,19). The van der Waals surface area contributed by atoms with Crippen LogP contribution in [0.25, 0.3) is 0 Å². The number of nitrogens with zero attached hydrogens (tertiary/aromatic N) is 3. The predicted molar refractivity (Wildman–Crippen MR) is 70.6 cm³/mol. The number of hydrogen-bond donors (Lipinski definition) is 2. The van der Waals surface area contributed by atoms with Crippen LogP contribution in [0.2, 0.25) is 0 Å². The summed E-state index contributed by atoms with van der Waals surface area (Å²) in [6.07, 6.45) is 3.13. The lowest BCUT2D eigenvalue weighted by Gasteiger charge is -2.08. The van der Waals surface area contributed by atoms with Gasteiger partial charge in [0.2, 0.25) is 0 Å². The van der Waals surface area contributed by atoms with Crippen molar-refractivity contribution in [2.45, 2.75) is 6.92 Å². The normalized spacial score (nSPS) is 9.74. The van der Waals surface area contributed by atoms with Gasteiger partial charge in [0.25, 0.3) is 0 Å². The second-order valence-electron chi connectivity index (χ2n) is 3.75. The van der Waals surface area contributed by atoms with Crippen molar-refractivity contribution in [3.63, 3.8) is 0 Å². The molecule has 19 heavy (non-hydrogen) atoms. The molecule has 1 aromatic heterocycles. The van der Waals surface area contributed by atoms with Gasteiger partial charge in [-0.05, 0) is 25.1 Å². The molecule has 6 heteroatoms. The van der Waals surface area contributed by atoms with Gasteiger partial charge < -0.3 is 10.6 Å². The lowest BCUT2D eigenvalue weighted by molar-refractivity contribution is 0.627. The summed E-state index contributed by atoms with van der Waals surface area (Å²) in [5.74, 6) is 0.671. The smallest absolute Gasteiger partial charge is 0.151 e. The Labute approximate surface area is 110 Å². The predicted octanol–water partition coefficient (Wildman–Crippen LogP) is 2.66. The van der Waals surface area contributed by atoms with Crippen LogP contribution in [-0.4, -0.2) is 16.5 Å². The molecule has 96 valence electrons. The van der Waals surface area contributed by atoms with Gasteiger partial charge in [-0.2, -0.15) is 5.26 Å². The number of hydrogen-bond acceptors (Lipinski definition) is 5. The topological polar surface area (TPSA) is 73.6 Å².